The van der Waals surface area contributed by atoms with E-state index in [1.807, 2.05) is 24.3 Å². The molecule has 128 valence electrons. The minimum Gasteiger partial charge on any atom is -0.299 e. The standard InChI is InChI=1S/C20H19ClFN3/c21-16-5-9-19(10-6-16)25-14-18(13-24-11-1-2-12-24)23-20(25)15-3-7-17(22)8-4-15/h3-10,14H,1-2,11-13H2. The van der Waals surface area contributed by atoms with Gasteiger partial charge in [-0.3, -0.25) is 9.47 Å². The molecule has 0 unspecified atom stereocenters. The number of imidazole rings is 1. The molecule has 0 radical (unpaired) electrons. The van der Waals surface area contributed by atoms with Gasteiger partial charge in [0, 0.05) is 29.0 Å². The van der Waals surface area contributed by atoms with Crippen LogP contribution < -0.4 is 0 Å². The second-order valence-corrected chi connectivity index (χ2v) is 6.83. The van der Waals surface area contributed by atoms with E-state index >= 15 is 0 Å². The predicted octanol–water partition coefficient (Wildman–Crippen LogP) is 4.93. The normalized spacial score (nSPS) is 15.0. The number of hydrogen-bond donors (Lipinski definition) is 0. The molecule has 4 rings (SSSR count). The van der Waals surface area contributed by atoms with Crippen LogP contribution in [0.15, 0.2) is 54.7 Å². The molecule has 25 heavy (non-hydrogen) atoms. The molecule has 0 bridgehead atoms. The van der Waals surface area contributed by atoms with Crippen molar-refractivity contribution in [2.24, 2.45) is 0 Å². The highest BCUT2D eigenvalue weighted by Crippen LogP contribution is 2.25. The molecular formula is C20H19ClFN3. The summed E-state index contributed by atoms with van der Waals surface area (Å²) < 4.78 is 15.3. The van der Waals surface area contributed by atoms with Crippen molar-refractivity contribution in [1.82, 2.24) is 14.5 Å². The van der Waals surface area contributed by atoms with Crippen LogP contribution in [0.4, 0.5) is 4.39 Å². The maximum atomic E-state index is 13.3. The Balaban J connectivity index is 1.74. The van der Waals surface area contributed by atoms with Crippen LogP contribution in [0.3, 0.4) is 0 Å². The lowest BCUT2D eigenvalue weighted by molar-refractivity contribution is 0.328. The van der Waals surface area contributed by atoms with Gasteiger partial charge in [-0.05, 0) is 74.5 Å². The summed E-state index contributed by atoms with van der Waals surface area (Å²) in [6.45, 7) is 3.09. The third kappa shape index (κ3) is 3.60. The number of nitrogens with zero attached hydrogens (tertiary/aromatic N) is 3. The summed E-state index contributed by atoms with van der Waals surface area (Å²) in [6.07, 6.45) is 4.58. The quantitative estimate of drug-likeness (QED) is 0.661. The Hall–Kier alpha value is -2.17. The Kier molecular flexibility index (Phi) is 4.55. The molecule has 1 aromatic heterocycles. The zero-order valence-corrected chi connectivity index (χ0v) is 14.6. The maximum Gasteiger partial charge on any atom is 0.144 e. The molecule has 0 amide bonds. The Morgan fingerprint density at radius 2 is 1.64 bits per heavy atom. The average Bonchev–Trinajstić information content (AvgIpc) is 3.27. The minimum absolute atomic E-state index is 0.245. The van der Waals surface area contributed by atoms with E-state index in [9.17, 15) is 4.39 Å². The van der Waals surface area contributed by atoms with E-state index in [-0.39, 0.29) is 5.82 Å². The van der Waals surface area contributed by atoms with E-state index < -0.39 is 0 Å². The van der Waals surface area contributed by atoms with Crippen molar-refractivity contribution >= 4 is 11.6 Å². The summed E-state index contributed by atoms with van der Waals surface area (Å²) in [5.74, 6) is 0.571. The summed E-state index contributed by atoms with van der Waals surface area (Å²) in [6, 6.07) is 14.1. The smallest absolute Gasteiger partial charge is 0.144 e. The first kappa shape index (κ1) is 16.3. The van der Waals surface area contributed by atoms with Gasteiger partial charge in [0.1, 0.15) is 11.6 Å². The summed E-state index contributed by atoms with van der Waals surface area (Å²) in [5, 5.41) is 0.699. The van der Waals surface area contributed by atoms with Gasteiger partial charge in [-0.2, -0.15) is 0 Å². The Labute approximate surface area is 151 Å². The molecule has 0 aliphatic carbocycles. The monoisotopic (exact) mass is 355 g/mol. The van der Waals surface area contributed by atoms with E-state index in [1.165, 1.54) is 25.0 Å². The van der Waals surface area contributed by atoms with Crippen molar-refractivity contribution in [1.29, 1.82) is 0 Å². The molecule has 1 aliphatic rings. The van der Waals surface area contributed by atoms with Gasteiger partial charge in [0.25, 0.3) is 0 Å². The molecule has 1 aliphatic heterocycles. The van der Waals surface area contributed by atoms with Crippen molar-refractivity contribution in [3.8, 4) is 17.1 Å². The van der Waals surface area contributed by atoms with Crippen LogP contribution in [-0.4, -0.2) is 27.5 Å². The molecule has 2 aromatic carbocycles. The molecule has 1 saturated heterocycles. The first-order valence-corrected chi connectivity index (χ1v) is 8.89. The zero-order valence-electron chi connectivity index (χ0n) is 13.8. The van der Waals surface area contributed by atoms with Crippen molar-refractivity contribution in [2.45, 2.75) is 19.4 Å². The highest BCUT2D eigenvalue weighted by atomic mass is 35.5. The highest BCUT2D eigenvalue weighted by molar-refractivity contribution is 6.30. The van der Waals surface area contributed by atoms with Crippen LogP contribution in [0.2, 0.25) is 5.02 Å². The molecule has 0 atom stereocenters. The molecule has 0 N–H and O–H groups in total. The summed E-state index contributed by atoms with van der Waals surface area (Å²) >= 11 is 6.02. The lowest BCUT2D eigenvalue weighted by Crippen LogP contribution is -2.18. The number of benzene rings is 2. The topological polar surface area (TPSA) is 21.1 Å². The fourth-order valence-electron chi connectivity index (χ4n) is 3.28. The van der Waals surface area contributed by atoms with Crippen LogP contribution in [-0.2, 0) is 6.54 Å². The molecule has 2 heterocycles. The zero-order chi connectivity index (χ0) is 17.2. The molecule has 3 aromatic rings. The van der Waals surface area contributed by atoms with E-state index in [0.29, 0.717) is 5.02 Å². The largest absolute Gasteiger partial charge is 0.299 e. The van der Waals surface area contributed by atoms with Gasteiger partial charge in [0.05, 0.1) is 5.69 Å². The van der Waals surface area contributed by atoms with Gasteiger partial charge in [-0.25, -0.2) is 9.37 Å². The number of hydrogen-bond acceptors (Lipinski definition) is 2. The Morgan fingerprint density at radius 3 is 2.32 bits per heavy atom. The number of halogens is 2. The van der Waals surface area contributed by atoms with E-state index in [0.717, 1.165) is 42.4 Å². The molecule has 5 heteroatoms. The third-order valence-corrected chi connectivity index (χ3v) is 4.80. The van der Waals surface area contributed by atoms with Crippen molar-refractivity contribution in [3.63, 3.8) is 0 Å². The highest BCUT2D eigenvalue weighted by Gasteiger charge is 2.17. The van der Waals surface area contributed by atoms with Crippen LogP contribution in [0.5, 0.6) is 0 Å². The van der Waals surface area contributed by atoms with Gasteiger partial charge in [-0.15, -0.1) is 0 Å². The summed E-state index contributed by atoms with van der Waals surface area (Å²) in [4.78, 5) is 7.26. The molecule has 0 saturated carbocycles. The van der Waals surface area contributed by atoms with Crippen molar-refractivity contribution < 1.29 is 4.39 Å². The second kappa shape index (κ2) is 6.98. The number of aromatic nitrogens is 2. The molecule has 3 nitrogen and oxygen atoms in total. The van der Waals surface area contributed by atoms with Crippen molar-refractivity contribution in [3.05, 3.63) is 71.3 Å². The summed E-state index contributed by atoms with van der Waals surface area (Å²) in [5.41, 5.74) is 2.91. The minimum atomic E-state index is -0.245. The van der Waals surface area contributed by atoms with Gasteiger partial charge >= 0.3 is 0 Å². The molecule has 1 fully saturated rings. The Bertz CT molecular complexity index is 787. The predicted molar refractivity (Wildman–Crippen MR) is 98.5 cm³/mol. The first-order chi connectivity index (χ1) is 12.2. The first-order valence-electron chi connectivity index (χ1n) is 8.51. The van der Waals surface area contributed by atoms with E-state index in [4.69, 9.17) is 16.6 Å². The van der Waals surface area contributed by atoms with Crippen molar-refractivity contribution in [2.75, 3.05) is 13.1 Å². The van der Waals surface area contributed by atoms with Gasteiger partial charge in [0.2, 0.25) is 0 Å². The molecule has 0 spiro atoms. The van der Waals surface area contributed by atoms with Gasteiger partial charge in [0.15, 0.2) is 0 Å². The fourth-order valence-corrected chi connectivity index (χ4v) is 3.40. The molecular weight excluding hydrogens is 337 g/mol. The van der Waals surface area contributed by atoms with E-state index in [1.54, 1.807) is 12.1 Å². The SMILES string of the molecule is Fc1ccc(-c2nc(CN3CCCC3)cn2-c2ccc(Cl)cc2)cc1. The lowest BCUT2D eigenvalue weighted by Gasteiger charge is -2.11. The number of rotatable bonds is 4. The average molecular weight is 356 g/mol. The van der Waals surface area contributed by atoms with Crippen LogP contribution in [0, 0.1) is 5.82 Å². The van der Waals surface area contributed by atoms with Crippen LogP contribution >= 0.6 is 11.6 Å². The van der Waals surface area contributed by atoms with Crippen LogP contribution in [0.1, 0.15) is 18.5 Å². The lowest BCUT2D eigenvalue weighted by atomic mass is 10.2. The summed E-state index contributed by atoms with van der Waals surface area (Å²) in [7, 11) is 0. The Morgan fingerprint density at radius 1 is 0.960 bits per heavy atom. The second-order valence-electron chi connectivity index (χ2n) is 6.39. The van der Waals surface area contributed by atoms with Gasteiger partial charge < -0.3 is 0 Å². The maximum absolute atomic E-state index is 13.3. The van der Waals surface area contributed by atoms with Gasteiger partial charge in [-0.1, -0.05) is 11.6 Å². The third-order valence-electron chi connectivity index (χ3n) is 4.55. The van der Waals surface area contributed by atoms with E-state index in [2.05, 4.69) is 15.7 Å². The number of likely N-dealkylation sites (tertiary alicyclic amines) is 1. The van der Waals surface area contributed by atoms with Crippen LogP contribution in [0.25, 0.3) is 17.1 Å². The fraction of sp³-hybridized carbons (Fsp3) is 0.250.